The van der Waals surface area contributed by atoms with Gasteiger partial charge >= 0.3 is 12.1 Å². The molecule has 1 amide bonds. The lowest BCUT2D eigenvalue weighted by atomic mass is 9.85. The van der Waals surface area contributed by atoms with E-state index in [4.69, 9.17) is 9.84 Å². The number of nitrogens with zero attached hydrogens (tertiary/aromatic N) is 1. The minimum absolute atomic E-state index is 0.140. The minimum atomic E-state index is -0.771. The number of carboxylic acids is 1. The molecule has 2 atom stereocenters. The van der Waals surface area contributed by atoms with Crippen LogP contribution in [-0.2, 0) is 16.1 Å². The first kappa shape index (κ1) is 15.4. The Hall–Kier alpha value is -2.04. The Kier molecular flexibility index (Phi) is 5.20. The fraction of sp³-hybridized carbons (Fsp3) is 0.500. The molecule has 0 saturated carbocycles. The van der Waals surface area contributed by atoms with E-state index in [1.165, 1.54) is 0 Å². The van der Waals surface area contributed by atoms with Crippen molar-refractivity contribution in [1.29, 1.82) is 0 Å². The Bertz CT molecular complexity index is 488. The van der Waals surface area contributed by atoms with Crippen LogP contribution in [0, 0.1) is 11.8 Å². The second kappa shape index (κ2) is 7.11. The van der Waals surface area contributed by atoms with Crippen molar-refractivity contribution in [3.8, 4) is 0 Å². The highest BCUT2D eigenvalue weighted by molar-refractivity contribution is 5.68. The van der Waals surface area contributed by atoms with Gasteiger partial charge in [0.1, 0.15) is 6.61 Å². The van der Waals surface area contributed by atoms with Crippen LogP contribution in [0.4, 0.5) is 4.79 Å². The Balaban J connectivity index is 1.80. The number of carbonyl (C=O) groups is 2. The van der Waals surface area contributed by atoms with Gasteiger partial charge in [0.25, 0.3) is 0 Å². The molecule has 1 N–H and O–H groups in total. The van der Waals surface area contributed by atoms with E-state index < -0.39 is 5.97 Å². The smallest absolute Gasteiger partial charge is 0.410 e. The SMILES string of the molecule is CC1CN(C(=O)OCc2ccccc2)CCC1CC(=O)O. The van der Waals surface area contributed by atoms with Gasteiger partial charge in [0, 0.05) is 19.5 Å². The quantitative estimate of drug-likeness (QED) is 0.926. The third kappa shape index (κ3) is 4.48. The highest BCUT2D eigenvalue weighted by atomic mass is 16.6. The molecule has 2 unspecified atom stereocenters. The number of carbonyl (C=O) groups excluding carboxylic acids is 1. The molecule has 0 bridgehead atoms. The van der Waals surface area contributed by atoms with Gasteiger partial charge in [0.05, 0.1) is 0 Å². The van der Waals surface area contributed by atoms with E-state index in [2.05, 4.69) is 0 Å². The van der Waals surface area contributed by atoms with Crippen molar-refractivity contribution in [3.05, 3.63) is 35.9 Å². The largest absolute Gasteiger partial charge is 0.481 e. The number of piperidine rings is 1. The van der Waals surface area contributed by atoms with E-state index >= 15 is 0 Å². The Morgan fingerprint density at radius 2 is 2.05 bits per heavy atom. The maximum Gasteiger partial charge on any atom is 0.410 e. The zero-order valence-corrected chi connectivity index (χ0v) is 12.2. The molecule has 1 aromatic rings. The third-order valence-electron chi connectivity index (χ3n) is 3.98. The van der Waals surface area contributed by atoms with Gasteiger partial charge in [-0.3, -0.25) is 4.79 Å². The molecule has 1 saturated heterocycles. The lowest BCUT2D eigenvalue weighted by Crippen LogP contribution is -2.43. The molecule has 114 valence electrons. The fourth-order valence-electron chi connectivity index (χ4n) is 2.70. The van der Waals surface area contributed by atoms with Gasteiger partial charge in [-0.2, -0.15) is 0 Å². The summed E-state index contributed by atoms with van der Waals surface area (Å²) in [6.07, 6.45) is 0.571. The summed E-state index contributed by atoms with van der Waals surface area (Å²) in [5, 5.41) is 8.86. The number of aliphatic carboxylic acids is 1. The Morgan fingerprint density at radius 1 is 1.33 bits per heavy atom. The highest BCUT2D eigenvalue weighted by Crippen LogP contribution is 2.26. The van der Waals surface area contributed by atoms with Crippen LogP contribution in [0.25, 0.3) is 0 Å². The summed E-state index contributed by atoms with van der Waals surface area (Å²) in [5.41, 5.74) is 0.958. The van der Waals surface area contributed by atoms with E-state index in [0.29, 0.717) is 19.5 Å². The Morgan fingerprint density at radius 3 is 2.67 bits per heavy atom. The monoisotopic (exact) mass is 291 g/mol. The summed E-state index contributed by atoms with van der Waals surface area (Å²) in [6, 6.07) is 9.55. The van der Waals surface area contributed by atoms with Crippen molar-refractivity contribution in [2.45, 2.75) is 26.4 Å². The molecule has 0 spiro atoms. The van der Waals surface area contributed by atoms with Gasteiger partial charge in [0.15, 0.2) is 0 Å². The maximum absolute atomic E-state index is 12.0. The van der Waals surface area contributed by atoms with Crippen LogP contribution >= 0.6 is 0 Å². The second-order valence-corrected chi connectivity index (χ2v) is 5.61. The molecule has 1 heterocycles. The molecule has 5 nitrogen and oxygen atoms in total. The molecule has 21 heavy (non-hydrogen) atoms. The van der Waals surface area contributed by atoms with Gasteiger partial charge < -0.3 is 14.7 Å². The van der Waals surface area contributed by atoms with Crippen molar-refractivity contribution in [3.63, 3.8) is 0 Å². The number of carboxylic acid groups (broad SMARTS) is 1. The van der Waals surface area contributed by atoms with E-state index in [1.807, 2.05) is 37.3 Å². The molecule has 0 aromatic heterocycles. The van der Waals surface area contributed by atoms with Gasteiger partial charge in [0.2, 0.25) is 0 Å². The number of amides is 1. The van der Waals surface area contributed by atoms with Crippen molar-refractivity contribution in [1.82, 2.24) is 4.90 Å². The molecular weight excluding hydrogens is 270 g/mol. The Labute approximate surface area is 124 Å². The van der Waals surface area contributed by atoms with Crippen LogP contribution in [-0.4, -0.2) is 35.2 Å². The van der Waals surface area contributed by atoms with Crippen LogP contribution in [0.1, 0.15) is 25.3 Å². The topological polar surface area (TPSA) is 66.8 Å². The normalized spacial score (nSPS) is 21.9. The van der Waals surface area contributed by atoms with Crippen LogP contribution < -0.4 is 0 Å². The predicted octanol–water partition coefficient (Wildman–Crippen LogP) is 2.76. The molecule has 1 aliphatic rings. The summed E-state index contributed by atoms with van der Waals surface area (Å²) in [6.45, 7) is 3.38. The maximum atomic E-state index is 12.0. The number of rotatable bonds is 4. The van der Waals surface area contributed by atoms with Crippen molar-refractivity contribution >= 4 is 12.1 Å². The van der Waals surface area contributed by atoms with Crippen molar-refractivity contribution < 1.29 is 19.4 Å². The third-order valence-corrected chi connectivity index (χ3v) is 3.98. The zero-order valence-electron chi connectivity index (χ0n) is 12.2. The average molecular weight is 291 g/mol. The highest BCUT2D eigenvalue weighted by Gasteiger charge is 2.30. The summed E-state index contributed by atoms with van der Waals surface area (Å²) in [5.74, 6) is -0.452. The van der Waals surface area contributed by atoms with Crippen LogP contribution in [0.3, 0.4) is 0 Å². The first-order chi connectivity index (χ1) is 10.1. The molecule has 5 heteroatoms. The molecule has 2 rings (SSSR count). The molecule has 0 aliphatic carbocycles. The van der Waals surface area contributed by atoms with Gasteiger partial charge in [-0.15, -0.1) is 0 Å². The van der Waals surface area contributed by atoms with Crippen LogP contribution in [0.2, 0.25) is 0 Å². The van der Waals surface area contributed by atoms with Gasteiger partial charge in [-0.25, -0.2) is 4.79 Å². The lowest BCUT2D eigenvalue weighted by Gasteiger charge is -2.35. The van der Waals surface area contributed by atoms with E-state index in [1.54, 1.807) is 4.90 Å². The second-order valence-electron chi connectivity index (χ2n) is 5.61. The molecule has 1 aromatic carbocycles. The van der Waals surface area contributed by atoms with Crippen molar-refractivity contribution in [2.24, 2.45) is 11.8 Å². The molecule has 1 aliphatic heterocycles. The average Bonchev–Trinajstić information content (AvgIpc) is 2.47. The van der Waals surface area contributed by atoms with Crippen molar-refractivity contribution in [2.75, 3.05) is 13.1 Å². The molecular formula is C16H21NO4. The number of hydrogen-bond donors (Lipinski definition) is 1. The lowest BCUT2D eigenvalue weighted by molar-refractivity contribution is -0.138. The van der Waals surface area contributed by atoms with E-state index in [9.17, 15) is 9.59 Å². The summed E-state index contributed by atoms with van der Waals surface area (Å²) in [4.78, 5) is 24.5. The van der Waals surface area contributed by atoms with Gasteiger partial charge in [-0.1, -0.05) is 37.3 Å². The van der Waals surface area contributed by atoms with Crippen LogP contribution in [0.15, 0.2) is 30.3 Å². The first-order valence-electron chi connectivity index (χ1n) is 7.23. The van der Waals surface area contributed by atoms with Gasteiger partial charge in [-0.05, 0) is 23.8 Å². The fourth-order valence-corrected chi connectivity index (χ4v) is 2.70. The summed E-state index contributed by atoms with van der Waals surface area (Å²) in [7, 11) is 0. The standard InChI is InChI=1S/C16H21NO4/c1-12-10-17(8-7-14(12)9-15(18)19)16(20)21-11-13-5-3-2-4-6-13/h2-6,12,14H,7-11H2,1H3,(H,18,19). The number of benzene rings is 1. The molecule has 0 radical (unpaired) electrons. The first-order valence-corrected chi connectivity index (χ1v) is 7.23. The summed E-state index contributed by atoms with van der Waals surface area (Å²) >= 11 is 0. The molecule has 1 fully saturated rings. The minimum Gasteiger partial charge on any atom is -0.481 e. The van der Waals surface area contributed by atoms with Crippen LogP contribution in [0.5, 0.6) is 0 Å². The van der Waals surface area contributed by atoms with E-state index in [0.717, 1.165) is 5.56 Å². The van der Waals surface area contributed by atoms with E-state index in [-0.39, 0.29) is 31.0 Å². The number of hydrogen-bond acceptors (Lipinski definition) is 3. The zero-order chi connectivity index (χ0) is 15.2. The number of ether oxygens (including phenoxy) is 1. The summed E-state index contributed by atoms with van der Waals surface area (Å²) < 4.78 is 5.30. The number of likely N-dealkylation sites (tertiary alicyclic amines) is 1. The predicted molar refractivity (Wildman–Crippen MR) is 77.7 cm³/mol.